The zero-order valence-electron chi connectivity index (χ0n) is 16.6. The van der Waals surface area contributed by atoms with E-state index in [1.165, 1.54) is 13.8 Å². The number of aromatic nitrogens is 2. The van der Waals surface area contributed by atoms with Crippen molar-refractivity contribution >= 4 is 40.4 Å². The summed E-state index contributed by atoms with van der Waals surface area (Å²) >= 11 is 0. The lowest BCUT2D eigenvalue weighted by Crippen LogP contribution is -2.08. The van der Waals surface area contributed by atoms with Crippen LogP contribution in [0, 0.1) is 17.0 Å². The predicted octanol–water partition coefficient (Wildman–Crippen LogP) is 4.15. The Balaban J connectivity index is 1.92. The largest absolute Gasteiger partial charge is 0.497 e. The molecule has 2 aromatic carbocycles. The number of anilines is 5. The van der Waals surface area contributed by atoms with Crippen LogP contribution in [0.2, 0.25) is 0 Å². The molecule has 0 saturated heterocycles. The second kappa shape index (κ2) is 8.86. The Morgan fingerprint density at radius 1 is 1.03 bits per heavy atom. The van der Waals surface area contributed by atoms with Gasteiger partial charge in [-0.15, -0.1) is 0 Å². The van der Waals surface area contributed by atoms with Gasteiger partial charge in [0.05, 0.1) is 12.0 Å². The summed E-state index contributed by atoms with van der Waals surface area (Å²) < 4.78 is 5.12. The minimum atomic E-state index is -0.525. The summed E-state index contributed by atoms with van der Waals surface area (Å²) in [6.45, 7) is 2.96. The average molecular weight is 408 g/mol. The summed E-state index contributed by atoms with van der Waals surface area (Å²) in [5, 5.41) is 20.2. The highest BCUT2D eigenvalue weighted by Crippen LogP contribution is 2.31. The fraction of sp³-hybridized carbons (Fsp3) is 0.150. The van der Waals surface area contributed by atoms with Gasteiger partial charge in [0.1, 0.15) is 11.4 Å². The van der Waals surface area contributed by atoms with Crippen LogP contribution < -0.4 is 20.7 Å². The Bertz CT molecular complexity index is 1090. The standard InChI is InChI=1S/C20H20N6O4/c1-12-18(26(28)29)19(23-14-7-9-17(30-3)10-8-14)25-20(21-12)24-16-6-4-5-15(11-16)22-13(2)27/h4-11H,1-3H3,(H,22,27)(H2,21,23,24,25). The lowest BCUT2D eigenvalue weighted by molar-refractivity contribution is -0.385. The van der Waals surface area contributed by atoms with Gasteiger partial charge in [-0.25, -0.2) is 4.98 Å². The van der Waals surface area contributed by atoms with Crippen molar-refractivity contribution in [2.75, 3.05) is 23.1 Å². The minimum Gasteiger partial charge on any atom is -0.497 e. The first-order chi connectivity index (χ1) is 14.4. The summed E-state index contributed by atoms with van der Waals surface area (Å²) in [4.78, 5) is 30.8. The van der Waals surface area contributed by atoms with Gasteiger partial charge >= 0.3 is 5.69 Å². The smallest absolute Gasteiger partial charge is 0.332 e. The average Bonchev–Trinajstić information content (AvgIpc) is 2.67. The fourth-order valence-electron chi connectivity index (χ4n) is 2.75. The second-order valence-corrected chi connectivity index (χ2v) is 6.33. The first-order valence-electron chi connectivity index (χ1n) is 8.94. The van der Waals surface area contributed by atoms with Gasteiger partial charge in [-0.2, -0.15) is 4.98 Å². The molecule has 1 amide bonds. The van der Waals surface area contributed by atoms with Crippen molar-refractivity contribution in [1.82, 2.24) is 9.97 Å². The Hall–Kier alpha value is -4.21. The molecular weight excluding hydrogens is 388 g/mol. The number of carbonyl (C=O) groups excluding carboxylic acids is 1. The number of hydrogen-bond acceptors (Lipinski definition) is 8. The van der Waals surface area contributed by atoms with E-state index < -0.39 is 4.92 Å². The van der Waals surface area contributed by atoms with Crippen LogP contribution in [0.15, 0.2) is 48.5 Å². The SMILES string of the molecule is COc1ccc(Nc2nc(Nc3cccc(NC(C)=O)c3)nc(C)c2[N+](=O)[O-])cc1. The summed E-state index contributed by atoms with van der Waals surface area (Å²) in [5.74, 6) is 0.697. The molecule has 30 heavy (non-hydrogen) atoms. The third kappa shape index (κ3) is 4.98. The van der Waals surface area contributed by atoms with Crippen molar-refractivity contribution in [2.24, 2.45) is 0 Å². The molecule has 0 bridgehead atoms. The van der Waals surface area contributed by atoms with Crippen LogP contribution in [0.4, 0.5) is 34.5 Å². The van der Waals surface area contributed by atoms with Crippen molar-refractivity contribution in [3.8, 4) is 5.75 Å². The maximum atomic E-state index is 11.6. The van der Waals surface area contributed by atoms with Crippen LogP contribution >= 0.6 is 0 Å². The van der Waals surface area contributed by atoms with Crippen molar-refractivity contribution in [3.63, 3.8) is 0 Å². The summed E-state index contributed by atoms with van der Waals surface area (Å²) in [6, 6.07) is 13.9. The summed E-state index contributed by atoms with van der Waals surface area (Å²) in [5.41, 5.74) is 1.80. The van der Waals surface area contributed by atoms with Gasteiger partial charge in [0, 0.05) is 24.0 Å². The fourth-order valence-corrected chi connectivity index (χ4v) is 2.75. The monoisotopic (exact) mass is 408 g/mol. The first-order valence-corrected chi connectivity index (χ1v) is 8.94. The van der Waals surface area contributed by atoms with E-state index in [0.29, 0.717) is 22.8 Å². The van der Waals surface area contributed by atoms with Crippen molar-refractivity contribution in [2.45, 2.75) is 13.8 Å². The van der Waals surface area contributed by atoms with E-state index >= 15 is 0 Å². The third-order valence-corrected chi connectivity index (χ3v) is 4.03. The minimum absolute atomic E-state index is 0.0539. The van der Waals surface area contributed by atoms with Crippen LogP contribution in [0.25, 0.3) is 0 Å². The van der Waals surface area contributed by atoms with Gasteiger partial charge in [-0.1, -0.05) is 6.07 Å². The Kier molecular flexibility index (Phi) is 6.06. The van der Waals surface area contributed by atoms with E-state index in [1.807, 2.05) is 0 Å². The number of hydrogen-bond donors (Lipinski definition) is 3. The molecule has 3 N–H and O–H groups in total. The Morgan fingerprint density at radius 2 is 1.73 bits per heavy atom. The number of carbonyl (C=O) groups is 1. The zero-order chi connectivity index (χ0) is 21.7. The highest BCUT2D eigenvalue weighted by molar-refractivity contribution is 5.89. The van der Waals surface area contributed by atoms with Gasteiger partial charge in [0.15, 0.2) is 0 Å². The lowest BCUT2D eigenvalue weighted by atomic mass is 10.2. The molecule has 0 saturated carbocycles. The highest BCUT2D eigenvalue weighted by Gasteiger charge is 2.22. The highest BCUT2D eigenvalue weighted by atomic mass is 16.6. The molecule has 0 aliphatic heterocycles. The number of benzene rings is 2. The molecule has 0 spiro atoms. The topological polar surface area (TPSA) is 131 Å². The molecule has 1 heterocycles. The molecule has 0 radical (unpaired) electrons. The molecule has 10 heteroatoms. The van der Waals surface area contributed by atoms with E-state index in [9.17, 15) is 14.9 Å². The number of nitrogens with zero attached hydrogens (tertiary/aromatic N) is 3. The number of nitro groups is 1. The van der Waals surface area contributed by atoms with E-state index in [0.717, 1.165) is 0 Å². The van der Waals surface area contributed by atoms with Gasteiger partial charge in [-0.3, -0.25) is 14.9 Å². The van der Waals surface area contributed by atoms with Crippen LogP contribution in [-0.2, 0) is 4.79 Å². The normalized spacial score (nSPS) is 10.2. The number of amides is 1. The molecule has 10 nitrogen and oxygen atoms in total. The third-order valence-electron chi connectivity index (χ3n) is 4.03. The molecule has 0 aliphatic rings. The molecule has 3 aromatic rings. The second-order valence-electron chi connectivity index (χ2n) is 6.33. The van der Waals surface area contributed by atoms with Crippen LogP contribution in [-0.4, -0.2) is 27.9 Å². The maximum absolute atomic E-state index is 11.6. The predicted molar refractivity (Wildman–Crippen MR) is 114 cm³/mol. The molecule has 0 unspecified atom stereocenters. The molecule has 0 aliphatic carbocycles. The van der Waals surface area contributed by atoms with E-state index in [4.69, 9.17) is 4.74 Å². The lowest BCUT2D eigenvalue weighted by Gasteiger charge is -2.12. The van der Waals surface area contributed by atoms with Crippen molar-refractivity contribution in [3.05, 3.63) is 64.3 Å². The molecule has 154 valence electrons. The van der Waals surface area contributed by atoms with E-state index in [1.54, 1.807) is 55.6 Å². The summed E-state index contributed by atoms with van der Waals surface area (Å²) in [7, 11) is 1.56. The number of methoxy groups -OCH3 is 1. The van der Waals surface area contributed by atoms with Gasteiger partial charge in [0.2, 0.25) is 17.7 Å². The number of rotatable bonds is 7. The molecule has 1 aromatic heterocycles. The number of nitrogens with one attached hydrogen (secondary N) is 3. The quantitative estimate of drug-likeness (QED) is 0.392. The number of ether oxygens (including phenoxy) is 1. The van der Waals surface area contributed by atoms with Gasteiger partial charge in [0.25, 0.3) is 0 Å². The van der Waals surface area contributed by atoms with E-state index in [-0.39, 0.29) is 29.1 Å². The molecular formula is C20H20N6O4. The van der Waals surface area contributed by atoms with E-state index in [2.05, 4.69) is 25.9 Å². The molecule has 0 fully saturated rings. The first kappa shape index (κ1) is 20.5. The molecule has 0 atom stereocenters. The number of aryl methyl sites for hydroxylation is 1. The van der Waals surface area contributed by atoms with Gasteiger partial charge in [-0.05, 0) is 49.4 Å². The summed E-state index contributed by atoms with van der Waals surface area (Å²) in [6.07, 6.45) is 0. The Labute approximate surface area is 172 Å². The van der Waals surface area contributed by atoms with Crippen LogP contribution in [0.3, 0.4) is 0 Å². The van der Waals surface area contributed by atoms with Crippen LogP contribution in [0.1, 0.15) is 12.6 Å². The van der Waals surface area contributed by atoms with Crippen molar-refractivity contribution in [1.29, 1.82) is 0 Å². The van der Waals surface area contributed by atoms with Crippen molar-refractivity contribution < 1.29 is 14.5 Å². The molecule has 3 rings (SSSR count). The zero-order valence-corrected chi connectivity index (χ0v) is 16.6. The maximum Gasteiger partial charge on any atom is 0.332 e. The Morgan fingerprint density at radius 3 is 2.37 bits per heavy atom. The van der Waals surface area contributed by atoms with Crippen LogP contribution in [0.5, 0.6) is 5.75 Å². The van der Waals surface area contributed by atoms with Gasteiger partial charge < -0.3 is 20.7 Å².